The molecule has 2 aromatic heterocycles. The van der Waals surface area contributed by atoms with E-state index in [2.05, 4.69) is 125 Å². The lowest BCUT2D eigenvalue weighted by molar-refractivity contribution is 0.0900. The number of anilines is 2. The summed E-state index contributed by atoms with van der Waals surface area (Å²) in [6.45, 7) is 4.86. The topological polar surface area (TPSA) is 50.1 Å². The van der Waals surface area contributed by atoms with Gasteiger partial charge in [-0.1, -0.05) is 67.6 Å². The molecule has 0 amide bonds. The first-order chi connectivity index (χ1) is 25.5. The van der Waals surface area contributed by atoms with Gasteiger partial charge >= 0.3 is 0 Å². The lowest BCUT2D eigenvalue weighted by Crippen LogP contribution is -2.58. The fraction of sp³-hybridized carbons (Fsp3) is 0.413. The van der Waals surface area contributed by atoms with Crippen LogP contribution in [0.3, 0.4) is 0 Å². The van der Waals surface area contributed by atoms with Crippen LogP contribution in [0.4, 0.5) is 11.4 Å². The maximum atomic E-state index is 5.34. The molecule has 12 rings (SSSR count). The molecule has 262 valence electrons. The van der Waals surface area contributed by atoms with E-state index in [1.165, 1.54) is 79.9 Å². The predicted molar refractivity (Wildman–Crippen MR) is 212 cm³/mol. The molecule has 52 heavy (non-hydrogen) atoms. The fourth-order valence-electron chi connectivity index (χ4n) is 12.0. The first-order valence-electron chi connectivity index (χ1n) is 20.0. The highest BCUT2D eigenvalue weighted by Crippen LogP contribution is 2.51. The molecule has 0 spiro atoms. The number of rotatable bonds is 5. The van der Waals surface area contributed by atoms with Crippen molar-refractivity contribution in [1.29, 1.82) is 0 Å². The zero-order chi connectivity index (χ0) is 34.5. The third-order valence-electron chi connectivity index (χ3n) is 13.6. The molecule has 3 saturated carbocycles. The summed E-state index contributed by atoms with van der Waals surface area (Å²) >= 11 is 0. The van der Waals surface area contributed by atoms with Gasteiger partial charge in [-0.3, -0.25) is 4.57 Å². The summed E-state index contributed by atoms with van der Waals surface area (Å²) in [5, 5.41) is 2.51. The standard InChI is InChI=1S/C46H48N6/c1-28-17-30-19-29(2)50(37(18-28)21-30)35-12-8-11-34(26-35)45-47-44(33-9-4-3-5-10-33)48-46(49-45)52-42-14-7-6-13-40(42)41-27-36(15-16-43(41)52)51-38-22-31-20-32(24-38)25-39(51)23-31/h3-16,26-32,37-39H,17-25H2,1-2H3. The Hall–Kier alpha value is -4.71. The van der Waals surface area contributed by atoms with Crippen molar-refractivity contribution in [3.8, 4) is 28.7 Å². The monoisotopic (exact) mass is 684 g/mol. The third kappa shape index (κ3) is 5.00. The van der Waals surface area contributed by atoms with Gasteiger partial charge in [-0.05, 0) is 125 Å². The minimum absolute atomic E-state index is 0.526. The average molecular weight is 685 g/mol. The highest BCUT2D eigenvalue weighted by atomic mass is 15.2. The van der Waals surface area contributed by atoms with Crippen LogP contribution in [-0.2, 0) is 0 Å². The molecular formula is C46H48N6. The molecule has 6 nitrogen and oxygen atoms in total. The van der Waals surface area contributed by atoms with E-state index in [-0.39, 0.29) is 0 Å². The van der Waals surface area contributed by atoms with Crippen molar-refractivity contribution in [3.05, 3.63) is 97.1 Å². The summed E-state index contributed by atoms with van der Waals surface area (Å²) in [7, 11) is 0. The lowest BCUT2D eigenvalue weighted by atomic mass is 9.63. The second kappa shape index (κ2) is 11.9. The normalized spacial score (nSPS) is 29.3. The Morgan fingerprint density at radius 3 is 1.90 bits per heavy atom. The SMILES string of the molecule is CC1CC2CC(C)N(c3cccc(-c4nc(-c5ccccc5)nc(-n5c6ccccc6c6cc(N7C8CC9CC(C8)CC7C9)ccc65)n4)c3)C(C1)C2. The van der Waals surface area contributed by atoms with Crippen LogP contribution in [0.2, 0.25) is 0 Å². The summed E-state index contributed by atoms with van der Waals surface area (Å²) in [5.74, 6) is 5.60. The van der Waals surface area contributed by atoms with Gasteiger partial charge < -0.3 is 9.80 Å². The summed E-state index contributed by atoms with van der Waals surface area (Å²) in [5.41, 5.74) is 6.97. The Bertz CT molecular complexity index is 2280. The second-order valence-corrected chi connectivity index (χ2v) is 17.2. The molecule has 3 saturated heterocycles. The van der Waals surface area contributed by atoms with Crippen LogP contribution in [0.1, 0.15) is 71.6 Å². The van der Waals surface area contributed by atoms with Crippen molar-refractivity contribution in [1.82, 2.24) is 19.5 Å². The van der Waals surface area contributed by atoms with Gasteiger partial charge in [-0.15, -0.1) is 0 Å². The fourth-order valence-corrected chi connectivity index (χ4v) is 12.0. The van der Waals surface area contributed by atoms with E-state index in [1.807, 2.05) is 0 Å². The van der Waals surface area contributed by atoms with Gasteiger partial charge in [0.25, 0.3) is 0 Å². The van der Waals surface area contributed by atoms with E-state index >= 15 is 0 Å². The summed E-state index contributed by atoms with van der Waals surface area (Å²) in [6, 6.07) is 37.9. The van der Waals surface area contributed by atoms with Crippen LogP contribution in [0.5, 0.6) is 0 Å². The number of fused-ring (bicyclic) bond motifs is 5. The molecule has 4 atom stereocenters. The molecule has 6 aromatic rings. The van der Waals surface area contributed by atoms with E-state index in [4.69, 9.17) is 15.0 Å². The summed E-state index contributed by atoms with van der Waals surface area (Å²) < 4.78 is 2.28. The number of hydrogen-bond acceptors (Lipinski definition) is 5. The Kier molecular flexibility index (Phi) is 7.07. The Labute approximate surface area is 306 Å². The van der Waals surface area contributed by atoms with Crippen molar-refractivity contribution in [2.75, 3.05) is 9.80 Å². The zero-order valence-electron chi connectivity index (χ0n) is 30.4. The van der Waals surface area contributed by atoms with Gasteiger partial charge in [-0.25, -0.2) is 4.98 Å². The van der Waals surface area contributed by atoms with E-state index in [0.29, 0.717) is 41.8 Å². The third-order valence-corrected chi connectivity index (χ3v) is 13.6. The Balaban J connectivity index is 1.05. The van der Waals surface area contributed by atoms with E-state index < -0.39 is 0 Å². The highest BCUT2D eigenvalue weighted by Gasteiger charge is 2.47. The summed E-state index contributed by atoms with van der Waals surface area (Å²) in [4.78, 5) is 21.3. The van der Waals surface area contributed by atoms with Crippen LogP contribution < -0.4 is 9.80 Å². The minimum atomic E-state index is 0.526. The van der Waals surface area contributed by atoms with Crippen LogP contribution >= 0.6 is 0 Å². The average Bonchev–Trinajstić information content (AvgIpc) is 3.48. The zero-order valence-corrected chi connectivity index (χ0v) is 30.4. The van der Waals surface area contributed by atoms with Crippen molar-refractivity contribution in [2.45, 2.75) is 95.8 Å². The molecule has 6 fully saturated rings. The Morgan fingerprint density at radius 1 is 0.481 bits per heavy atom. The molecule has 5 heterocycles. The summed E-state index contributed by atoms with van der Waals surface area (Å²) in [6.07, 6.45) is 12.2. The van der Waals surface area contributed by atoms with Crippen LogP contribution in [0, 0.1) is 23.7 Å². The van der Waals surface area contributed by atoms with Crippen LogP contribution in [0.25, 0.3) is 50.5 Å². The Morgan fingerprint density at radius 2 is 1.12 bits per heavy atom. The van der Waals surface area contributed by atoms with Crippen LogP contribution in [0.15, 0.2) is 97.1 Å². The second-order valence-electron chi connectivity index (χ2n) is 17.2. The molecule has 6 bridgehead atoms. The van der Waals surface area contributed by atoms with Crippen molar-refractivity contribution in [2.24, 2.45) is 23.7 Å². The van der Waals surface area contributed by atoms with Crippen molar-refractivity contribution >= 4 is 33.2 Å². The van der Waals surface area contributed by atoms with Gasteiger partial charge in [0.15, 0.2) is 11.6 Å². The smallest absolute Gasteiger partial charge is 0.238 e. The minimum Gasteiger partial charge on any atom is -0.366 e. The molecular weight excluding hydrogens is 637 g/mol. The number of nitrogens with zero attached hydrogens (tertiary/aromatic N) is 6. The molecule has 3 aliphatic heterocycles. The largest absolute Gasteiger partial charge is 0.366 e. The maximum absolute atomic E-state index is 5.34. The quantitative estimate of drug-likeness (QED) is 0.181. The van der Waals surface area contributed by atoms with Gasteiger partial charge in [-0.2, -0.15) is 9.97 Å². The van der Waals surface area contributed by atoms with Gasteiger partial charge in [0.1, 0.15) is 0 Å². The molecule has 0 radical (unpaired) electrons. The number of aromatic nitrogens is 4. The predicted octanol–water partition coefficient (Wildman–Crippen LogP) is 10.5. The molecule has 0 N–H and O–H groups in total. The van der Waals surface area contributed by atoms with Gasteiger partial charge in [0.05, 0.1) is 11.0 Å². The first-order valence-corrected chi connectivity index (χ1v) is 20.0. The van der Waals surface area contributed by atoms with Crippen molar-refractivity contribution in [3.63, 3.8) is 0 Å². The molecule has 6 heteroatoms. The number of para-hydroxylation sites is 1. The molecule has 6 aliphatic rings. The lowest BCUT2D eigenvalue weighted by Gasteiger charge is -2.57. The highest BCUT2D eigenvalue weighted by molar-refractivity contribution is 6.10. The number of piperidine rings is 3. The van der Waals surface area contributed by atoms with E-state index in [9.17, 15) is 0 Å². The van der Waals surface area contributed by atoms with Gasteiger partial charge in [0, 0.05) is 57.4 Å². The van der Waals surface area contributed by atoms with Crippen molar-refractivity contribution < 1.29 is 0 Å². The number of benzene rings is 4. The van der Waals surface area contributed by atoms with Gasteiger partial charge in [0.2, 0.25) is 5.95 Å². The first kappa shape index (κ1) is 30.9. The molecule has 4 aromatic carbocycles. The van der Waals surface area contributed by atoms with E-state index in [1.54, 1.807) is 0 Å². The van der Waals surface area contributed by atoms with Crippen LogP contribution in [-0.4, -0.2) is 43.7 Å². The maximum Gasteiger partial charge on any atom is 0.238 e. The number of hydrogen-bond donors (Lipinski definition) is 0. The molecule has 4 unspecified atom stereocenters. The molecule has 3 aliphatic carbocycles. The van der Waals surface area contributed by atoms with E-state index in [0.717, 1.165) is 45.8 Å².